The van der Waals surface area contributed by atoms with Gasteiger partial charge in [0, 0.05) is 38.0 Å². The van der Waals surface area contributed by atoms with Crippen LogP contribution < -0.4 is 0 Å². The van der Waals surface area contributed by atoms with Crippen LogP contribution in [0, 0.1) is 22.7 Å². The third kappa shape index (κ3) is 3.20. The van der Waals surface area contributed by atoms with Crippen LogP contribution in [0.2, 0.25) is 0 Å². The van der Waals surface area contributed by atoms with Gasteiger partial charge in [0.15, 0.2) is 29.4 Å². The molecule has 0 saturated heterocycles. The first-order valence-electron chi connectivity index (χ1n) is 11.9. The molecule has 3 saturated carbocycles. The zero-order valence-corrected chi connectivity index (χ0v) is 22.1. The number of Topliss-reactive ketones (excluding diaryl/α,β-unsaturated/α-hetero) is 3. The van der Waals surface area contributed by atoms with E-state index in [4.69, 9.17) is 9.47 Å². The molecule has 11 heteroatoms. The van der Waals surface area contributed by atoms with E-state index >= 15 is 8.78 Å². The molecule has 3 fully saturated rings. The molecule has 4 rings (SSSR count). The maximum Gasteiger partial charge on any atom is 0.303 e. The molecule has 0 unspecified atom stereocenters. The van der Waals surface area contributed by atoms with Crippen LogP contribution in [0.4, 0.5) is 8.78 Å². The summed E-state index contributed by atoms with van der Waals surface area (Å²) in [4.78, 5) is 62.9. The average Bonchev–Trinajstić information content (AvgIpc) is 3.04. The van der Waals surface area contributed by atoms with Gasteiger partial charge in [0.05, 0.1) is 9.90 Å². The van der Waals surface area contributed by atoms with Crippen LogP contribution >= 0.6 is 15.9 Å². The van der Waals surface area contributed by atoms with E-state index < -0.39 is 101 Å². The molecule has 198 valence electrons. The van der Waals surface area contributed by atoms with Crippen LogP contribution in [0.5, 0.6) is 0 Å². The molecule has 4 aliphatic rings. The van der Waals surface area contributed by atoms with Crippen LogP contribution in [-0.2, 0) is 33.4 Å². The number of halogens is 3. The quantitative estimate of drug-likeness (QED) is 0.508. The highest BCUT2D eigenvalue weighted by Crippen LogP contribution is 2.71. The van der Waals surface area contributed by atoms with Crippen molar-refractivity contribution in [1.82, 2.24) is 0 Å². The zero-order valence-electron chi connectivity index (χ0n) is 20.5. The van der Waals surface area contributed by atoms with Gasteiger partial charge in [-0.3, -0.25) is 24.0 Å². The van der Waals surface area contributed by atoms with Gasteiger partial charge >= 0.3 is 11.9 Å². The number of hydrogen-bond acceptors (Lipinski definition) is 8. The highest BCUT2D eigenvalue weighted by molar-refractivity contribution is 9.12. The Morgan fingerprint density at radius 3 is 2.36 bits per heavy atom. The topological polar surface area (TPSA) is 124 Å². The summed E-state index contributed by atoms with van der Waals surface area (Å²) in [5.41, 5.74) is -10.5. The van der Waals surface area contributed by atoms with Gasteiger partial charge in [-0.15, -0.1) is 0 Å². The number of aliphatic hydroxyl groups is 1. The molecule has 8 nitrogen and oxygen atoms in total. The maximum absolute atomic E-state index is 17.3. The number of ketones is 3. The third-order valence-electron chi connectivity index (χ3n) is 9.40. The minimum atomic E-state index is -2.75. The highest BCUT2D eigenvalue weighted by Gasteiger charge is 2.80. The molecular weight excluding hydrogens is 546 g/mol. The number of rotatable bonds is 4. The fraction of sp³-hybridized carbons (Fsp3) is 0.720. The van der Waals surface area contributed by atoms with Gasteiger partial charge in [-0.05, 0) is 48.0 Å². The van der Waals surface area contributed by atoms with E-state index in [9.17, 15) is 29.1 Å². The predicted molar refractivity (Wildman–Crippen MR) is 123 cm³/mol. The van der Waals surface area contributed by atoms with E-state index in [2.05, 4.69) is 15.9 Å². The number of hydrogen-bond donors (Lipinski definition) is 1. The lowest BCUT2D eigenvalue weighted by molar-refractivity contribution is -0.248. The fourth-order valence-corrected chi connectivity index (χ4v) is 8.18. The van der Waals surface area contributed by atoms with E-state index in [0.717, 1.165) is 19.9 Å². The molecule has 36 heavy (non-hydrogen) atoms. The second-order valence-corrected chi connectivity index (χ2v) is 11.9. The lowest BCUT2D eigenvalue weighted by atomic mass is 9.42. The smallest absolute Gasteiger partial charge is 0.303 e. The lowest BCUT2D eigenvalue weighted by Gasteiger charge is -2.64. The second kappa shape index (κ2) is 8.24. The number of ether oxygens (including phenoxy) is 2. The minimum absolute atomic E-state index is 0.0436. The Labute approximate surface area is 215 Å². The summed E-state index contributed by atoms with van der Waals surface area (Å²) in [7, 11) is 0. The van der Waals surface area contributed by atoms with Crippen LogP contribution in [-0.4, -0.2) is 64.0 Å². The van der Waals surface area contributed by atoms with Crippen molar-refractivity contribution in [1.29, 1.82) is 0 Å². The maximum atomic E-state index is 17.3. The largest absolute Gasteiger partial charge is 0.458 e. The molecule has 0 aliphatic heterocycles. The van der Waals surface area contributed by atoms with E-state index in [0.29, 0.717) is 0 Å². The van der Waals surface area contributed by atoms with Crippen LogP contribution in [0.1, 0.15) is 59.8 Å². The van der Waals surface area contributed by atoms with Gasteiger partial charge in [-0.1, -0.05) is 13.0 Å². The number of carbonyl (C=O) groups excluding carboxylic acids is 5. The number of esters is 2. The van der Waals surface area contributed by atoms with Gasteiger partial charge in [-0.25, -0.2) is 8.78 Å². The standard InChI is InChI=1S/C25H29BrF2O8/c1-12(29)35-11-20(33)24(36-13(2)30)6-5-14-15-7-18(27)23(34)9-17(31)16(26)8-22(23,4)25(15,28)19(32)10-21(14,24)3/h8,14-15,18,34H,5-7,9-11H2,1-4H3/t14-,15-,18+,21-,22-,23-,24+,25-/m0/s1. The van der Waals surface area contributed by atoms with Crippen LogP contribution in [0.15, 0.2) is 10.6 Å². The highest BCUT2D eigenvalue weighted by atomic mass is 79.9. The summed E-state index contributed by atoms with van der Waals surface area (Å²) in [6.45, 7) is 4.30. The molecule has 0 aromatic carbocycles. The predicted octanol–water partition coefficient (Wildman–Crippen LogP) is 2.86. The fourth-order valence-electron chi connectivity index (χ4n) is 7.59. The van der Waals surface area contributed by atoms with E-state index in [1.807, 2.05) is 0 Å². The Bertz CT molecular complexity index is 1110. The normalized spacial score (nSPS) is 45.7. The molecule has 1 N–H and O–H groups in total. The monoisotopic (exact) mass is 574 g/mol. The summed E-state index contributed by atoms with van der Waals surface area (Å²) in [6.07, 6.45) is -2.64. The van der Waals surface area contributed by atoms with Crippen molar-refractivity contribution in [2.45, 2.75) is 82.8 Å². The summed E-state index contributed by atoms with van der Waals surface area (Å²) >= 11 is 3.07. The van der Waals surface area contributed by atoms with Crippen LogP contribution in [0.25, 0.3) is 0 Å². The Hall–Kier alpha value is -2.01. The van der Waals surface area contributed by atoms with Crippen molar-refractivity contribution in [3.63, 3.8) is 0 Å². The summed E-state index contributed by atoms with van der Waals surface area (Å²) in [6, 6.07) is 0. The third-order valence-corrected chi connectivity index (χ3v) is 10.1. The van der Waals surface area contributed by atoms with Crippen LogP contribution in [0.3, 0.4) is 0 Å². The molecule has 0 spiro atoms. The first-order chi connectivity index (χ1) is 16.5. The van der Waals surface area contributed by atoms with E-state index in [1.165, 1.54) is 6.92 Å². The van der Waals surface area contributed by atoms with Crippen molar-refractivity contribution in [3.05, 3.63) is 10.6 Å². The number of alkyl halides is 2. The molecular formula is C25H29BrF2O8. The molecule has 0 aromatic heterocycles. The van der Waals surface area contributed by atoms with E-state index in [1.54, 1.807) is 6.92 Å². The Balaban J connectivity index is 1.85. The first-order valence-corrected chi connectivity index (χ1v) is 12.7. The van der Waals surface area contributed by atoms with Gasteiger partial charge < -0.3 is 14.6 Å². The minimum Gasteiger partial charge on any atom is -0.458 e. The molecule has 0 heterocycles. The molecule has 0 bridgehead atoms. The summed E-state index contributed by atoms with van der Waals surface area (Å²) in [5.74, 6) is -5.89. The molecule has 0 amide bonds. The molecule has 4 aliphatic carbocycles. The average molecular weight is 575 g/mol. The van der Waals surface area contributed by atoms with Crippen molar-refractivity contribution in [2.24, 2.45) is 22.7 Å². The van der Waals surface area contributed by atoms with Gasteiger partial charge in [0.2, 0.25) is 5.78 Å². The van der Waals surface area contributed by atoms with E-state index in [-0.39, 0.29) is 17.3 Å². The second-order valence-electron chi connectivity index (χ2n) is 11.0. The van der Waals surface area contributed by atoms with Gasteiger partial charge in [0.1, 0.15) is 11.8 Å². The summed E-state index contributed by atoms with van der Waals surface area (Å²) < 4.78 is 43.4. The van der Waals surface area contributed by atoms with Crippen molar-refractivity contribution in [3.8, 4) is 0 Å². The number of allylic oxidation sites excluding steroid dienone is 1. The number of carbonyl (C=O) groups is 5. The van der Waals surface area contributed by atoms with Gasteiger partial charge in [0.25, 0.3) is 0 Å². The number of fused-ring (bicyclic) bond motifs is 5. The first kappa shape index (κ1) is 27.0. The van der Waals surface area contributed by atoms with Crippen molar-refractivity contribution in [2.75, 3.05) is 6.61 Å². The summed E-state index contributed by atoms with van der Waals surface area (Å²) in [5, 5.41) is 11.3. The SMILES string of the molecule is CC(=O)OCC(=O)[C@]1(OC(C)=O)CC[C@H]2[C@@H]3C[C@@H](F)[C@@]4(O)CC(=O)C(Br)=C[C@]4(C)[C@@]3(F)C(=O)C[C@@]21C. The Kier molecular flexibility index (Phi) is 6.19. The Morgan fingerprint density at radius 2 is 1.78 bits per heavy atom. The zero-order chi connectivity index (χ0) is 27.1. The van der Waals surface area contributed by atoms with Crippen molar-refractivity contribution >= 4 is 45.2 Å². The van der Waals surface area contributed by atoms with Gasteiger partial charge in [-0.2, -0.15) is 0 Å². The lowest BCUT2D eigenvalue weighted by Crippen LogP contribution is -2.76. The molecule has 8 atom stereocenters. The molecule has 0 aromatic rings. The molecule has 0 radical (unpaired) electrons. The Morgan fingerprint density at radius 1 is 1.14 bits per heavy atom. The van der Waals surface area contributed by atoms with Crippen molar-refractivity contribution < 1.29 is 47.3 Å².